The lowest BCUT2D eigenvalue weighted by Crippen LogP contribution is -2.26. The zero-order chi connectivity index (χ0) is 12.3. The molecule has 0 amide bonds. The van der Waals surface area contributed by atoms with E-state index in [2.05, 4.69) is 40.3 Å². The summed E-state index contributed by atoms with van der Waals surface area (Å²) in [6.07, 6.45) is 1.56. The fourth-order valence-corrected chi connectivity index (χ4v) is 2.55. The zero-order valence-electron chi connectivity index (χ0n) is 10.1. The third-order valence-electron chi connectivity index (χ3n) is 3.33. The van der Waals surface area contributed by atoms with Crippen LogP contribution in [0.4, 0.5) is 5.69 Å². The second-order valence-electron chi connectivity index (χ2n) is 4.61. The lowest BCUT2D eigenvalue weighted by Gasteiger charge is -2.14. The molecule has 2 rings (SSSR count). The first kappa shape index (κ1) is 12.9. The van der Waals surface area contributed by atoms with Crippen LogP contribution in [0.1, 0.15) is 18.9 Å². The minimum absolute atomic E-state index is 0.389. The summed E-state index contributed by atoms with van der Waals surface area (Å²) >= 11 is 3.44. The normalized spacial score (nSPS) is 24.1. The summed E-state index contributed by atoms with van der Waals surface area (Å²) in [5.74, 6) is 0.646. The van der Waals surface area contributed by atoms with E-state index < -0.39 is 0 Å². The molecule has 1 saturated heterocycles. The number of hydrogen-bond acceptors (Lipinski definition) is 3. The molecule has 0 bridgehead atoms. The van der Waals surface area contributed by atoms with Gasteiger partial charge in [0, 0.05) is 29.9 Å². The summed E-state index contributed by atoms with van der Waals surface area (Å²) < 4.78 is 6.51. The van der Waals surface area contributed by atoms with E-state index >= 15 is 0 Å². The third kappa shape index (κ3) is 3.44. The number of nitrogen functional groups attached to an aromatic ring is 1. The molecule has 2 atom stereocenters. The molecular weight excluding hydrogens is 280 g/mol. The van der Waals surface area contributed by atoms with Gasteiger partial charge in [-0.15, -0.1) is 0 Å². The summed E-state index contributed by atoms with van der Waals surface area (Å²) in [4.78, 5) is 0. The van der Waals surface area contributed by atoms with E-state index in [1.54, 1.807) is 0 Å². The van der Waals surface area contributed by atoms with Crippen LogP contribution in [0.15, 0.2) is 22.7 Å². The number of nitrogens with two attached hydrogens (primary N) is 1. The fourth-order valence-electron chi connectivity index (χ4n) is 2.13. The van der Waals surface area contributed by atoms with Crippen molar-refractivity contribution in [1.82, 2.24) is 5.32 Å². The fraction of sp³-hybridized carbons (Fsp3) is 0.538. The molecule has 0 spiro atoms. The van der Waals surface area contributed by atoms with Gasteiger partial charge in [0.15, 0.2) is 0 Å². The van der Waals surface area contributed by atoms with Gasteiger partial charge in [-0.25, -0.2) is 0 Å². The molecule has 1 aliphatic rings. The average molecular weight is 299 g/mol. The Kier molecular flexibility index (Phi) is 4.42. The van der Waals surface area contributed by atoms with Crippen LogP contribution < -0.4 is 11.1 Å². The van der Waals surface area contributed by atoms with Gasteiger partial charge in [0.2, 0.25) is 0 Å². The molecule has 2 unspecified atom stereocenters. The predicted molar refractivity (Wildman–Crippen MR) is 73.8 cm³/mol. The van der Waals surface area contributed by atoms with Gasteiger partial charge in [0.25, 0.3) is 0 Å². The lowest BCUT2D eigenvalue weighted by atomic mass is 10.0. The predicted octanol–water partition coefficient (Wildman–Crippen LogP) is 2.55. The standard InChI is InChI=1S/C13H19BrN2O/c1-9-11(4-5-17-9)8-16-7-10-2-3-13(15)12(14)6-10/h2-3,6,9,11,16H,4-5,7-8,15H2,1H3. The molecule has 4 heteroatoms. The Bertz CT molecular complexity index is 384. The van der Waals surface area contributed by atoms with Crippen molar-refractivity contribution >= 4 is 21.6 Å². The lowest BCUT2D eigenvalue weighted by molar-refractivity contribution is 0.105. The second-order valence-corrected chi connectivity index (χ2v) is 5.47. The van der Waals surface area contributed by atoms with Crippen LogP contribution in [0.3, 0.4) is 0 Å². The van der Waals surface area contributed by atoms with Gasteiger partial charge >= 0.3 is 0 Å². The number of ether oxygens (including phenoxy) is 1. The van der Waals surface area contributed by atoms with Crippen LogP contribution in [-0.4, -0.2) is 19.3 Å². The highest BCUT2D eigenvalue weighted by atomic mass is 79.9. The Morgan fingerprint density at radius 2 is 2.35 bits per heavy atom. The van der Waals surface area contributed by atoms with Crippen molar-refractivity contribution in [2.45, 2.75) is 26.0 Å². The van der Waals surface area contributed by atoms with Gasteiger partial charge in [-0.2, -0.15) is 0 Å². The van der Waals surface area contributed by atoms with Crippen LogP contribution in [-0.2, 0) is 11.3 Å². The minimum atomic E-state index is 0.389. The van der Waals surface area contributed by atoms with E-state index in [1.165, 1.54) is 12.0 Å². The highest BCUT2D eigenvalue weighted by Gasteiger charge is 2.23. The SMILES string of the molecule is CC1OCCC1CNCc1ccc(N)c(Br)c1. The maximum atomic E-state index is 5.75. The number of anilines is 1. The van der Waals surface area contributed by atoms with Crippen LogP contribution in [0.5, 0.6) is 0 Å². The monoisotopic (exact) mass is 298 g/mol. The first-order valence-corrected chi connectivity index (χ1v) is 6.82. The molecule has 1 aliphatic heterocycles. The molecule has 3 nitrogen and oxygen atoms in total. The quantitative estimate of drug-likeness (QED) is 0.840. The van der Waals surface area contributed by atoms with E-state index in [1.807, 2.05) is 6.07 Å². The Labute approximate surface area is 111 Å². The molecule has 1 aromatic rings. The third-order valence-corrected chi connectivity index (χ3v) is 4.02. The van der Waals surface area contributed by atoms with E-state index in [0.717, 1.165) is 29.9 Å². The molecule has 1 aromatic carbocycles. The van der Waals surface area contributed by atoms with Crippen LogP contribution in [0, 0.1) is 5.92 Å². The topological polar surface area (TPSA) is 47.3 Å². The largest absolute Gasteiger partial charge is 0.398 e. The Morgan fingerprint density at radius 1 is 1.53 bits per heavy atom. The van der Waals surface area contributed by atoms with Crippen LogP contribution in [0.25, 0.3) is 0 Å². The van der Waals surface area contributed by atoms with Crippen molar-refractivity contribution in [3.05, 3.63) is 28.2 Å². The van der Waals surface area contributed by atoms with Crippen molar-refractivity contribution < 1.29 is 4.74 Å². The molecule has 1 heterocycles. The van der Waals surface area contributed by atoms with Gasteiger partial charge in [-0.1, -0.05) is 6.07 Å². The van der Waals surface area contributed by atoms with Crippen LogP contribution in [0.2, 0.25) is 0 Å². The van der Waals surface area contributed by atoms with Crippen molar-refractivity contribution in [1.29, 1.82) is 0 Å². The van der Waals surface area contributed by atoms with Gasteiger partial charge < -0.3 is 15.8 Å². The van der Waals surface area contributed by atoms with Crippen molar-refractivity contribution in [3.8, 4) is 0 Å². The Balaban J connectivity index is 1.79. The maximum absolute atomic E-state index is 5.75. The van der Waals surface area contributed by atoms with E-state index in [0.29, 0.717) is 12.0 Å². The summed E-state index contributed by atoms with van der Waals surface area (Å²) in [6.45, 7) is 4.95. The molecule has 94 valence electrons. The average Bonchev–Trinajstić information content (AvgIpc) is 2.70. The van der Waals surface area contributed by atoms with Crippen LogP contribution >= 0.6 is 15.9 Å². The van der Waals surface area contributed by atoms with E-state index in [4.69, 9.17) is 10.5 Å². The first-order chi connectivity index (χ1) is 8.16. The van der Waals surface area contributed by atoms with Crippen molar-refractivity contribution in [2.75, 3.05) is 18.9 Å². The molecule has 0 aliphatic carbocycles. The minimum Gasteiger partial charge on any atom is -0.398 e. The van der Waals surface area contributed by atoms with Crippen molar-refractivity contribution in [2.24, 2.45) is 5.92 Å². The molecule has 0 radical (unpaired) electrons. The molecule has 0 aromatic heterocycles. The number of halogens is 1. The summed E-state index contributed by atoms with van der Waals surface area (Å²) in [7, 11) is 0. The Morgan fingerprint density at radius 3 is 3.00 bits per heavy atom. The number of nitrogens with one attached hydrogen (secondary N) is 1. The highest BCUT2D eigenvalue weighted by molar-refractivity contribution is 9.10. The highest BCUT2D eigenvalue weighted by Crippen LogP contribution is 2.21. The Hall–Kier alpha value is -0.580. The second kappa shape index (κ2) is 5.85. The summed E-state index contributed by atoms with van der Waals surface area (Å²) in [6, 6.07) is 6.06. The van der Waals surface area contributed by atoms with Gasteiger partial charge in [0.1, 0.15) is 0 Å². The van der Waals surface area contributed by atoms with Crippen molar-refractivity contribution in [3.63, 3.8) is 0 Å². The van der Waals surface area contributed by atoms with Gasteiger partial charge in [-0.3, -0.25) is 0 Å². The molecule has 17 heavy (non-hydrogen) atoms. The molecule has 1 fully saturated rings. The maximum Gasteiger partial charge on any atom is 0.0588 e. The van der Waals surface area contributed by atoms with Gasteiger partial charge in [0.05, 0.1) is 6.10 Å². The number of benzene rings is 1. The number of hydrogen-bond donors (Lipinski definition) is 2. The molecular formula is C13H19BrN2O. The molecule has 3 N–H and O–H groups in total. The smallest absolute Gasteiger partial charge is 0.0588 e. The summed E-state index contributed by atoms with van der Waals surface area (Å²) in [5, 5.41) is 3.48. The number of rotatable bonds is 4. The molecule has 0 saturated carbocycles. The van der Waals surface area contributed by atoms with E-state index in [9.17, 15) is 0 Å². The first-order valence-electron chi connectivity index (χ1n) is 6.03. The zero-order valence-corrected chi connectivity index (χ0v) is 11.7. The van der Waals surface area contributed by atoms with E-state index in [-0.39, 0.29) is 0 Å². The van der Waals surface area contributed by atoms with Gasteiger partial charge in [-0.05, 0) is 52.9 Å². The summed E-state index contributed by atoms with van der Waals surface area (Å²) in [5.41, 5.74) is 7.78.